The van der Waals surface area contributed by atoms with Crippen LogP contribution in [-0.2, 0) is 24.3 Å². The van der Waals surface area contributed by atoms with E-state index in [2.05, 4.69) is 20.2 Å². The van der Waals surface area contributed by atoms with Crippen LogP contribution in [0.4, 0.5) is 0 Å². The fourth-order valence-corrected chi connectivity index (χ4v) is 3.00. The zero-order chi connectivity index (χ0) is 17.8. The van der Waals surface area contributed by atoms with Crippen molar-refractivity contribution < 1.29 is 9.53 Å². The summed E-state index contributed by atoms with van der Waals surface area (Å²) in [4.78, 5) is 23.4. The van der Waals surface area contributed by atoms with Crippen LogP contribution in [-0.4, -0.2) is 40.5 Å². The molecule has 3 rings (SSSR count). The average Bonchev–Trinajstić information content (AvgIpc) is 2.65. The van der Waals surface area contributed by atoms with Crippen molar-refractivity contribution in [3.63, 3.8) is 0 Å². The maximum atomic E-state index is 12.5. The zero-order valence-electron chi connectivity index (χ0n) is 15.0. The van der Waals surface area contributed by atoms with E-state index in [1.54, 1.807) is 7.11 Å². The second-order valence-corrected chi connectivity index (χ2v) is 6.35. The highest BCUT2D eigenvalue weighted by atomic mass is 16.5. The molecule has 0 spiro atoms. The number of methoxy groups -OCH3 is 1. The Morgan fingerprint density at radius 2 is 2.12 bits per heavy atom. The molecular formula is C19H24N4O2. The Morgan fingerprint density at radius 3 is 2.84 bits per heavy atom. The molecule has 2 heterocycles. The largest absolute Gasteiger partial charge is 0.497 e. The molecule has 1 aromatic carbocycles. The van der Waals surface area contributed by atoms with Gasteiger partial charge < -0.3 is 10.1 Å². The lowest BCUT2D eigenvalue weighted by Gasteiger charge is -2.32. The molecule has 132 valence electrons. The molecule has 1 atom stereocenters. The third-order valence-corrected chi connectivity index (χ3v) is 4.65. The second-order valence-electron chi connectivity index (χ2n) is 6.35. The Morgan fingerprint density at radius 1 is 1.36 bits per heavy atom. The molecule has 0 fully saturated rings. The summed E-state index contributed by atoms with van der Waals surface area (Å²) >= 11 is 0. The van der Waals surface area contributed by atoms with Gasteiger partial charge in [-0.2, -0.15) is 0 Å². The van der Waals surface area contributed by atoms with Crippen molar-refractivity contribution in [3.05, 3.63) is 53.1 Å². The number of nitrogens with one attached hydrogen (secondary N) is 1. The van der Waals surface area contributed by atoms with Gasteiger partial charge in [0.25, 0.3) is 0 Å². The molecular weight excluding hydrogens is 316 g/mol. The van der Waals surface area contributed by atoms with Gasteiger partial charge in [-0.3, -0.25) is 9.69 Å². The van der Waals surface area contributed by atoms with Gasteiger partial charge in [-0.25, -0.2) is 9.97 Å². The van der Waals surface area contributed by atoms with Crippen molar-refractivity contribution in [3.8, 4) is 5.75 Å². The molecule has 1 aliphatic heterocycles. The van der Waals surface area contributed by atoms with E-state index in [9.17, 15) is 4.79 Å². The van der Waals surface area contributed by atoms with E-state index in [1.807, 2.05) is 44.3 Å². The average molecular weight is 340 g/mol. The van der Waals surface area contributed by atoms with Crippen molar-refractivity contribution in [1.29, 1.82) is 0 Å². The predicted octanol–water partition coefficient (Wildman–Crippen LogP) is 1.86. The number of aryl methyl sites for hydroxylation is 1. The molecule has 0 aliphatic carbocycles. The van der Waals surface area contributed by atoms with Crippen LogP contribution in [0.5, 0.6) is 5.75 Å². The number of hydrogen-bond acceptors (Lipinski definition) is 5. The van der Waals surface area contributed by atoms with Crippen LogP contribution in [0, 0.1) is 6.92 Å². The van der Waals surface area contributed by atoms with Crippen molar-refractivity contribution in [2.24, 2.45) is 0 Å². The summed E-state index contributed by atoms with van der Waals surface area (Å²) in [7, 11) is 1.64. The summed E-state index contributed by atoms with van der Waals surface area (Å²) in [5.74, 6) is 1.62. The van der Waals surface area contributed by atoms with Gasteiger partial charge in [0.15, 0.2) is 0 Å². The van der Waals surface area contributed by atoms with Crippen molar-refractivity contribution >= 4 is 5.91 Å². The highest BCUT2D eigenvalue weighted by Gasteiger charge is 2.26. The predicted molar refractivity (Wildman–Crippen MR) is 95.2 cm³/mol. The van der Waals surface area contributed by atoms with Crippen LogP contribution in [0.2, 0.25) is 0 Å². The third-order valence-electron chi connectivity index (χ3n) is 4.65. The minimum absolute atomic E-state index is 0.0325. The quantitative estimate of drug-likeness (QED) is 0.900. The van der Waals surface area contributed by atoms with Gasteiger partial charge in [-0.1, -0.05) is 12.1 Å². The standard InChI is InChI=1S/C19H24N4O2/c1-13(19(24)21-10-15-4-6-17(25-3)7-5-15)23-9-8-16-11-20-14(2)22-18(16)12-23/h4-7,11,13H,8-10,12H2,1-3H3,(H,21,24)/t13-/m1/s1. The first kappa shape index (κ1) is 17.4. The van der Waals surface area contributed by atoms with Gasteiger partial charge in [-0.05, 0) is 43.5 Å². The lowest BCUT2D eigenvalue weighted by molar-refractivity contribution is -0.126. The summed E-state index contributed by atoms with van der Waals surface area (Å²) in [6, 6.07) is 7.52. The highest BCUT2D eigenvalue weighted by Crippen LogP contribution is 2.18. The van der Waals surface area contributed by atoms with Crippen molar-refractivity contribution in [1.82, 2.24) is 20.2 Å². The Kier molecular flexibility index (Phi) is 5.28. The van der Waals surface area contributed by atoms with Crippen LogP contribution < -0.4 is 10.1 Å². The molecule has 0 saturated heterocycles. The number of benzene rings is 1. The van der Waals surface area contributed by atoms with Crippen molar-refractivity contribution in [2.45, 2.75) is 39.4 Å². The number of hydrogen-bond donors (Lipinski definition) is 1. The lowest BCUT2D eigenvalue weighted by Crippen LogP contribution is -2.47. The van der Waals surface area contributed by atoms with Gasteiger partial charge in [0.1, 0.15) is 11.6 Å². The van der Waals surface area contributed by atoms with Crippen molar-refractivity contribution in [2.75, 3.05) is 13.7 Å². The monoisotopic (exact) mass is 340 g/mol. The smallest absolute Gasteiger partial charge is 0.237 e. The number of rotatable bonds is 5. The van der Waals surface area contributed by atoms with Crippen LogP contribution >= 0.6 is 0 Å². The van der Waals surface area contributed by atoms with Crippen LogP contribution in [0.1, 0.15) is 29.6 Å². The number of fused-ring (bicyclic) bond motifs is 1. The zero-order valence-corrected chi connectivity index (χ0v) is 15.0. The van der Waals surface area contributed by atoms with Crippen LogP contribution in [0.3, 0.4) is 0 Å². The van der Waals surface area contributed by atoms with E-state index in [0.29, 0.717) is 13.1 Å². The number of nitrogens with zero attached hydrogens (tertiary/aromatic N) is 3. The number of carbonyl (C=O) groups is 1. The Bertz CT molecular complexity index is 746. The summed E-state index contributed by atoms with van der Waals surface area (Å²) in [5.41, 5.74) is 3.27. The first-order valence-electron chi connectivity index (χ1n) is 8.53. The van der Waals surface area contributed by atoms with E-state index < -0.39 is 0 Å². The van der Waals surface area contributed by atoms with Gasteiger partial charge in [-0.15, -0.1) is 0 Å². The number of amides is 1. The van der Waals surface area contributed by atoms with Gasteiger partial charge in [0.2, 0.25) is 5.91 Å². The van der Waals surface area contributed by atoms with Crippen LogP contribution in [0.25, 0.3) is 0 Å². The number of ether oxygens (including phenoxy) is 1. The van der Waals surface area contributed by atoms with Gasteiger partial charge >= 0.3 is 0 Å². The summed E-state index contributed by atoms with van der Waals surface area (Å²) < 4.78 is 5.15. The van der Waals surface area contributed by atoms with Gasteiger partial charge in [0.05, 0.1) is 18.8 Å². The second kappa shape index (κ2) is 7.61. The van der Waals surface area contributed by atoms with Gasteiger partial charge in [0, 0.05) is 25.8 Å². The fourth-order valence-electron chi connectivity index (χ4n) is 3.00. The lowest BCUT2D eigenvalue weighted by atomic mass is 10.0. The molecule has 0 unspecified atom stereocenters. The van der Waals surface area contributed by atoms with E-state index in [4.69, 9.17) is 4.74 Å². The first-order chi connectivity index (χ1) is 12.1. The molecule has 1 aromatic heterocycles. The van der Waals surface area contributed by atoms with E-state index in [1.165, 1.54) is 5.56 Å². The molecule has 0 bridgehead atoms. The Labute approximate surface area is 148 Å². The minimum Gasteiger partial charge on any atom is -0.497 e. The van der Waals surface area contributed by atoms with Crippen LogP contribution in [0.15, 0.2) is 30.5 Å². The molecule has 2 aromatic rings. The summed E-state index contributed by atoms with van der Waals surface area (Å²) in [5, 5.41) is 3.01. The number of carbonyl (C=O) groups excluding carboxylic acids is 1. The van der Waals surface area contributed by atoms with E-state index in [0.717, 1.165) is 35.8 Å². The minimum atomic E-state index is -0.193. The molecule has 0 saturated carbocycles. The first-order valence-corrected chi connectivity index (χ1v) is 8.53. The topological polar surface area (TPSA) is 67.3 Å². The molecule has 1 N–H and O–H groups in total. The summed E-state index contributed by atoms with van der Waals surface area (Å²) in [6.45, 7) is 5.89. The fraction of sp³-hybridized carbons (Fsp3) is 0.421. The summed E-state index contributed by atoms with van der Waals surface area (Å²) in [6.07, 6.45) is 2.79. The maximum absolute atomic E-state index is 12.5. The molecule has 6 nitrogen and oxygen atoms in total. The molecule has 1 aliphatic rings. The molecule has 0 radical (unpaired) electrons. The maximum Gasteiger partial charge on any atom is 0.237 e. The Balaban J connectivity index is 1.57. The van der Waals surface area contributed by atoms with E-state index in [-0.39, 0.29) is 11.9 Å². The SMILES string of the molecule is COc1ccc(CNC(=O)[C@@H](C)N2CCc3cnc(C)nc3C2)cc1. The molecule has 25 heavy (non-hydrogen) atoms. The van der Waals surface area contributed by atoms with E-state index >= 15 is 0 Å². The molecule has 6 heteroatoms. The molecule has 1 amide bonds. The number of aromatic nitrogens is 2. The normalized spacial score (nSPS) is 15.3. The third kappa shape index (κ3) is 4.14. The Hall–Kier alpha value is -2.47. The highest BCUT2D eigenvalue weighted by molar-refractivity contribution is 5.81.